The smallest absolute Gasteiger partial charge is 0.225 e. The molecule has 0 radical (unpaired) electrons. The first kappa shape index (κ1) is 10.8. The lowest BCUT2D eigenvalue weighted by molar-refractivity contribution is -0.271. The SMILES string of the molecule is NCC1(c2ccc(Cl)cn2)OCCCO1. The Morgan fingerprint density at radius 3 is 2.67 bits per heavy atom. The van der Waals surface area contributed by atoms with E-state index in [1.54, 1.807) is 18.3 Å². The third kappa shape index (κ3) is 2.13. The Balaban J connectivity index is 2.28. The maximum absolute atomic E-state index is 5.76. The monoisotopic (exact) mass is 228 g/mol. The Kier molecular flexibility index (Phi) is 3.21. The van der Waals surface area contributed by atoms with Crippen LogP contribution in [0.25, 0.3) is 0 Å². The van der Waals surface area contributed by atoms with Crippen LogP contribution in [0.3, 0.4) is 0 Å². The number of aromatic nitrogens is 1. The molecule has 2 rings (SSSR count). The second kappa shape index (κ2) is 4.45. The van der Waals surface area contributed by atoms with Gasteiger partial charge in [0.2, 0.25) is 5.79 Å². The van der Waals surface area contributed by atoms with Gasteiger partial charge < -0.3 is 15.2 Å². The number of nitrogens with two attached hydrogens (primary N) is 1. The topological polar surface area (TPSA) is 57.4 Å². The average molecular weight is 229 g/mol. The normalized spacial score (nSPS) is 20.1. The molecule has 0 amide bonds. The molecule has 0 spiro atoms. The van der Waals surface area contributed by atoms with Gasteiger partial charge in [0.05, 0.1) is 24.8 Å². The number of hydrogen-bond acceptors (Lipinski definition) is 4. The first-order valence-electron chi connectivity index (χ1n) is 4.87. The van der Waals surface area contributed by atoms with Gasteiger partial charge in [-0.25, -0.2) is 0 Å². The third-order valence-corrected chi connectivity index (χ3v) is 2.57. The Morgan fingerprint density at radius 2 is 2.13 bits per heavy atom. The van der Waals surface area contributed by atoms with Gasteiger partial charge in [-0.1, -0.05) is 11.6 Å². The lowest BCUT2D eigenvalue weighted by atomic mass is 10.1. The number of pyridine rings is 1. The van der Waals surface area contributed by atoms with E-state index >= 15 is 0 Å². The molecule has 1 aromatic rings. The summed E-state index contributed by atoms with van der Waals surface area (Å²) in [5.41, 5.74) is 6.36. The van der Waals surface area contributed by atoms with Crippen molar-refractivity contribution in [1.82, 2.24) is 4.98 Å². The van der Waals surface area contributed by atoms with Crippen molar-refractivity contribution in [2.45, 2.75) is 12.2 Å². The highest BCUT2D eigenvalue weighted by Crippen LogP contribution is 2.28. The largest absolute Gasteiger partial charge is 0.344 e. The van der Waals surface area contributed by atoms with E-state index in [9.17, 15) is 0 Å². The maximum atomic E-state index is 5.76. The zero-order chi connectivity index (χ0) is 10.7. The van der Waals surface area contributed by atoms with E-state index in [4.69, 9.17) is 26.8 Å². The summed E-state index contributed by atoms with van der Waals surface area (Å²) >= 11 is 5.76. The fourth-order valence-corrected chi connectivity index (χ4v) is 1.66. The van der Waals surface area contributed by atoms with E-state index in [2.05, 4.69) is 4.98 Å². The fourth-order valence-electron chi connectivity index (χ4n) is 1.55. The fraction of sp³-hybridized carbons (Fsp3) is 0.500. The van der Waals surface area contributed by atoms with Crippen LogP contribution in [0.4, 0.5) is 0 Å². The summed E-state index contributed by atoms with van der Waals surface area (Å²) in [7, 11) is 0. The van der Waals surface area contributed by atoms with Crippen LogP contribution < -0.4 is 5.73 Å². The van der Waals surface area contributed by atoms with Gasteiger partial charge in [0.15, 0.2) is 0 Å². The molecular formula is C10H13ClN2O2. The minimum atomic E-state index is -0.886. The first-order valence-corrected chi connectivity index (χ1v) is 5.25. The summed E-state index contributed by atoms with van der Waals surface area (Å²) in [6.07, 6.45) is 2.45. The number of nitrogens with zero attached hydrogens (tertiary/aromatic N) is 1. The molecular weight excluding hydrogens is 216 g/mol. The Bertz CT molecular complexity index is 323. The van der Waals surface area contributed by atoms with Crippen molar-refractivity contribution in [2.75, 3.05) is 19.8 Å². The van der Waals surface area contributed by atoms with Crippen molar-refractivity contribution in [3.05, 3.63) is 29.0 Å². The minimum Gasteiger partial charge on any atom is -0.344 e. The molecule has 1 aliphatic rings. The van der Waals surface area contributed by atoms with Gasteiger partial charge in [-0.15, -0.1) is 0 Å². The van der Waals surface area contributed by atoms with Crippen molar-refractivity contribution in [3.8, 4) is 0 Å². The summed E-state index contributed by atoms with van der Waals surface area (Å²) < 4.78 is 11.2. The Labute approximate surface area is 93.3 Å². The van der Waals surface area contributed by atoms with Crippen LogP contribution >= 0.6 is 11.6 Å². The molecule has 0 aromatic carbocycles. The van der Waals surface area contributed by atoms with Gasteiger partial charge in [-0.05, 0) is 18.6 Å². The minimum absolute atomic E-state index is 0.252. The zero-order valence-corrected chi connectivity index (χ0v) is 9.04. The lowest BCUT2D eigenvalue weighted by Crippen LogP contribution is -2.44. The number of rotatable bonds is 2. The van der Waals surface area contributed by atoms with E-state index in [0.29, 0.717) is 23.9 Å². The van der Waals surface area contributed by atoms with Crippen molar-refractivity contribution < 1.29 is 9.47 Å². The molecule has 2 heterocycles. The predicted molar refractivity (Wildman–Crippen MR) is 56.5 cm³/mol. The second-order valence-corrected chi connectivity index (χ2v) is 3.81. The van der Waals surface area contributed by atoms with Crippen molar-refractivity contribution >= 4 is 11.6 Å². The standard InChI is InChI=1S/C10H13ClN2O2/c11-8-2-3-9(13-6-8)10(7-12)14-4-1-5-15-10/h2-3,6H,1,4-5,7,12H2. The first-order chi connectivity index (χ1) is 7.27. The predicted octanol–water partition coefficient (Wildman–Crippen LogP) is 1.28. The van der Waals surface area contributed by atoms with Crippen LogP contribution in [0, 0.1) is 0 Å². The molecule has 0 atom stereocenters. The van der Waals surface area contributed by atoms with Gasteiger partial charge in [0.25, 0.3) is 0 Å². The molecule has 0 aliphatic carbocycles. The van der Waals surface area contributed by atoms with Gasteiger partial charge in [0.1, 0.15) is 5.69 Å². The quantitative estimate of drug-likeness (QED) is 0.829. The molecule has 1 aromatic heterocycles. The molecule has 2 N–H and O–H groups in total. The summed E-state index contributed by atoms with van der Waals surface area (Å²) in [5.74, 6) is -0.886. The molecule has 0 bridgehead atoms. The molecule has 1 fully saturated rings. The van der Waals surface area contributed by atoms with Gasteiger partial charge in [-0.3, -0.25) is 4.98 Å². The molecule has 1 aliphatic heterocycles. The average Bonchev–Trinajstić information content (AvgIpc) is 2.31. The van der Waals surface area contributed by atoms with Crippen LogP contribution in [-0.2, 0) is 15.3 Å². The number of ether oxygens (including phenoxy) is 2. The van der Waals surface area contributed by atoms with Crippen LogP contribution in [0.1, 0.15) is 12.1 Å². The van der Waals surface area contributed by atoms with E-state index in [1.165, 1.54) is 0 Å². The van der Waals surface area contributed by atoms with Crippen LogP contribution in [-0.4, -0.2) is 24.7 Å². The van der Waals surface area contributed by atoms with Crippen molar-refractivity contribution in [2.24, 2.45) is 5.73 Å². The second-order valence-electron chi connectivity index (χ2n) is 3.37. The van der Waals surface area contributed by atoms with E-state index in [-0.39, 0.29) is 6.54 Å². The van der Waals surface area contributed by atoms with Crippen molar-refractivity contribution in [3.63, 3.8) is 0 Å². The molecule has 4 nitrogen and oxygen atoms in total. The van der Waals surface area contributed by atoms with Gasteiger partial charge >= 0.3 is 0 Å². The Hall–Kier alpha value is -0.680. The molecule has 1 saturated heterocycles. The number of halogens is 1. The highest BCUT2D eigenvalue weighted by molar-refractivity contribution is 6.30. The summed E-state index contributed by atoms with van der Waals surface area (Å²) in [5, 5.41) is 0.585. The van der Waals surface area contributed by atoms with Crippen LogP contribution in [0.2, 0.25) is 5.02 Å². The third-order valence-electron chi connectivity index (χ3n) is 2.35. The van der Waals surface area contributed by atoms with Gasteiger partial charge in [0, 0.05) is 6.20 Å². The maximum Gasteiger partial charge on any atom is 0.225 e. The summed E-state index contributed by atoms with van der Waals surface area (Å²) in [6, 6.07) is 3.53. The van der Waals surface area contributed by atoms with E-state index in [1.807, 2.05) is 0 Å². The molecule has 0 unspecified atom stereocenters. The molecule has 5 heteroatoms. The van der Waals surface area contributed by atoms with E-state index in [0.717, 1.165) is 6.42 Å². The Morgan fingerprint density at radius 1 is 1.40 bits per heavy atom. The number of hydrogen-bond donors (Lipinski definition) is 1. The lowest BCUT2D eigenvalue weighted by Gasteiger charge is -2.35. The van der Waals surface area contributed by atoms with Crippen LogP contribution in [0.5, 0.6) is 0 Å². The van der Waals surface area contributed by atoms with Gasteiger partial charge in [-0.2, -0.15) is 0 Å². The summed E-state index contributed by atoms with van der Waals surface area (Å²) in [4.78, 5) is 4.18. The molecule has 82 valence electrons. The summed E-state index contributed by atoms with van der Waals surface area (Å²) in [6.45, 7) is 1.53. The molecule has 15 heavy (non-hydrogen) atoms. The van der Waals surface area contributed by atoms with Crippen molar-refractivity contribution in [1.29, 1.82) is 0 Å². The zero-order valence-electron chi connectivity index (χ0n) is 8.28. The highest BCUT2D eigenvalue weighted by atomic mass is 35.5. The van der Waals surface area contributed by atoms with E-state index < -0.39 is 5.79 Å². The highest BCUT2D eigenvalue weighted by Gasteiger charge is 2.36. The molecule has 0 saturated carbocycles. The van der Waals surface area contributed by atoms with Crippen LogP contribution in [0.15, 0.2) is 18.3 Å².